The number of nitrogens with two attached hydrogens (primary N) is 2. The van der Waals surface area contributed by atoms with E-state index in [2.05, 4.69) is 5.32 Å². The smallest absolute Gasteiger partial charge is 0.269 e. The third-order valence-corrected chi connectivity index (χ3v) is 3.08. The highest BCUT2D eigenvalue weighted by Crippen LogP contribution is 2.34. The van der Waals surface area contributed by atoms with E-state index in [1.54, 1.807) is 6.07 Å². The lowest BCUT2D eigenvalue weighted by molar-refractivity contribution is -0.384. The predicted octanol–water partition coefficient (Wildman–Crippen LogP) is 3.28. The van der Waals surface area contributed by atoms with E-state index in [1.807, 2.05) is 27.0 Å². The molecule has 136 valence electrons. The summed E-state index contributed by atoms with van der Waals surface area (Å²) in [4.78, 5) is 9.62. The summed E-state index contributed by atoms with van der Waals surface area (Å²) >= 11 is 0. The molecule has 0 aliphatic rings. The number of ether oxygens (including phenoxy) is 2. The predicted molar refractivity (Wildman–Crippen MR) is 100 cm³/mol. The number of nitrogen functional groups attached to an aromatic ring is 2. The van der Waals surface area contributed by atoms with Crippen LogP contribution in [0.3, 0.4) is 0 Å². The lowest BCUT2D eigenvalue weighted by Gasteiger charge is -2.14. The molecule has 8 nitrogen and oxygen atoms in total. The normalized spacial score (nSPS) is 9.56. The van der Waals surface area contributed by atoms with Crippen LogP contribution in [0.2, 0.25) is 0 Å². The van der Waals surface area contributed by atoms with Gasteiger partial charge in [-0.05, 0) is 26.0 Å². The molecule has 0 radical (unpaired) electrons. The molecule has 25 heavy (non-hydrogen) atoms. The number of nitro groups is 1. The van der Waals surface area contributed by atoms with Gasteiger partial charge in [0.2, 0.25) is 0 Å². The van der Waals surface area contributed by atoms with Gasteiger partial charge in [0.15, 0.2) is 0 Å². The number of hydrogen-bond acceptors (Lipinski definition) is 7. The highest BCUT2D eigenvalue weighted by Gasteiger charge is 2.08. The average Bonchev–Trinajstić information content (AvgIpc) is 2.58. The van der Waals surface area contributed by atoms with Crippen molar-refractivity contribution < 1.29 is 14.4 Å². The summed E-state index contributed by atoms with van der Waals surface area (Å²) in [7, 11) is 1.84. The Bertz CT molecular complexity index is 690. The first-order valence-corrected chi connectivity index (χ1v) is 7.79. The fourth-order valence-corrected chi connectivity index (χ4v) is 1.92. The van der Waals surface area contributed by atoms with Crippen LogP contribution in [0.4, 0.5) is 22.7 Å². The monoisotopic (exact) mass is 348 g/mol. The number of benzene rings is 2. The van der Waals surface area contributed by atoms with Gasteiger partial charge in [-0.1, -0.05) is 0 Å². The molecule has 0 spiro atoms. The molecule has 0 saturated heterocycles. The van der Waals surface area contributed by atoms with Crippen molar-refractivity contribution in [3.8, 4) is 11.5 Å². The molecular weight excluding hydrogens is 324 g/mol. The minimum absolute atomic E-state index is 0.0641. The topological polar surface area (TPSA) is 126 Å². The maximum atomic E-state index is 10.1. The highest BCUT2D eigenvalue weighted by molar-refractivity contribution is 5.69. The second kappa shape index (κ2) is 9.86. The minimum atomic E-state index is -0.459. The van der Waals surface area contributed by atoms with Crippen LogP contribution in [0.25, 0.3) is 0 Å². The maximum absolute atomic E-state index is 10.1. The van der Waals surface area contributed by atoms with Gasteiger partial charge in [0.25, 0.3) is 5.69 Å². The largest absolute Gasteiger partial charge is 0.492 e. The summed E-state index contributed by atoms with van der Waals surface area (Å²) in [6.45, 7) is 5.07. The zero-order valence-electron chi connectivity index (χ0n) is 14.6. The van der Waals surface area contributed by atoms with Gasteiger partial charge in [0.1, 0.15) is 11.5 Å². The lowest BCUT2D eigenvalue weighted by Crippen LogP contribution is -2.02. The zero-order chi connectivity index (χ0) is 18.8. The molecule has 2 rings (SSSR count). The highest BCUT2D eigenvalue weighted by atomic mass is 16.6. The van der Waals surface area contributed by atoms with Crippen LogP contribution >= 0.6 is 0 Å². The summed E-state index contributed by atoms with van der Waals surface area (Å²) < 4.78 is 10.8. The quantitative estimate of drug-likeness (QED) is 0.415. The fourth-order valence-electron chi connectivity index (χ4n) is 1.92. The number of nitrogens with zero attached hydrogens (tertiary/aromatic N) is 1. The Kier molecular flexibility index (Phi) is 7.85. The fraction of sp³-hybridized carbons (Fsp3) is 0.294. The third-order valence-electron chi connectivity index (χ3n) is 3.08. The van der Waals surface area contributed by atoms with Gasteiger partial charge in [0.05, 0.1) is 29.5 Å². The van der Waals surface area contributed by atoms with Crippen LogP contribution in [0.5, 0.6) is 11.5 Å². The SMILES string of the molecule is CCOc1cc(NC)c(OCC)cc1N.Nc1ccc([N+](=O)[O-])cc1. The van der Waals surface area contributed by atoms with Gasteiger partial charge in [0, 0.05) is 37.0 Å². The van der Waals surface area contributed by atoms with Crippen molar-refractivity contribution in [1.82, 2.24) is 0 Å². The minimum Gasteiger partial charge on any atom is -0.492 e. The molecule has 0 heterocycles. The van der Waals surface area contributed by atoms with E-state index in [0.717, 1.165) is 11.4 Å². The van der Waals surface area contributed by atoms with Crippen LogP contribution in [0.1, 0.15) is 13.8 Å². The maximum Gasteiger partial charge on any atom is 0.269 e. The van der Waals surface area contributed by atoms with Crippen molar-refractivity contribution in [2.75, 3.05) is 37.0 Å². The molecule has 2 aromatic rings. The average molecular weight is 348 g/mol. The first-order valence-electron chi connectivity index (χ1n) is 7.79. The number of non-ortho nitro benzene ring substituents is 1. The molecule has 0 bridgehead atoms. The molecular formula is C17H24N4O4. The van der Waals surface area contributed by atoms with Gasteiger partial charge in [-0.15, -0.1) is 0 Å². The van der Waals surface area contributed by atoms with Crippen molar-refractivity contribution in [2.24, 2.45) is 0 Å². The van der Waals surface area contributed by atoms with E-state index >= 15 is 0 Å². The van der Waals surface area contributed by atoms with Gasteiger partial charge in [-0.2, -0.15) is 0 Å². The third kappa shape index (κ3) is 6.09. The van der Waals surface area contributed by atoms with Crippen LogP contribution in [0, 0.1) is 10.1 Å². The van der Waals surface area contributed by atoms with E-state index < -0.39 is 4.92 Å². The molecule has 0 saturated carbocycles. The van der Waals surface area contributed by atoms with Crippen molar-refractivity contribution in [1.29, 1.82) is 0 Å². The van der Waals surface area contributed by atoms with Gasteiger partial charge < -0.3 is 26.3 Å². The summed E-state index contributed by atoms with van der Waals surface area (Å²) in [5, 5.41) is 13.1. The first-order chi connectivity index (χ1) is 11.9. The molecule has 0 aliphatic carbocycles. The van der Waals surface area contributed by atoms with Crippen molar-refractivity contribution >= 4 is 22.7 Å². The summed E-state index contributed by atoms with van der Waals surface area (Å²) in [6.07, 6.45) is 0. The van der Waals surface area contributed by atoms with Crippen molar-refractivity contribution in [2.45, 2.75) is 13.8 Å². The second-order valence-corrected chi connectivity index (χ2v) is 4.85. The summed E-state index contributed by atoms with van der Waals surface area (Å²) in [5.41, 5.74) is 13.2. The standard InChI is InChI=1S/C11H18N2O2.C6H6N2O2/c1-4-14-10-7-9(13-3)11(15-5-2)6-8(10)12;7-5-1-3-6(4-2-5)8(9)10/h6-7,13H,4-5,12H2,1-3H3;1-4H,7H2. The number of rotatable bonds is 6. The van der Waals surface area contributed by atoms with Crippen LogP contribution < -0.4 is 26.3 Å². The zero-order valence-corrected chi connectivity index (χ0v) is 14.6. The Morgan fingerprint density at radius 1 is 1.04 bits per heavy atom. The van der Waals surface area contributed by atoms with E-state index in [1.165, 1.54) is 24.3 Å². The number of nitrogens with one attached hydrogen (secondary N) is 1. The summed E-state index contributed by atoms with van der Waals surface area (Å²) in [5.74, 6) is 1.44. The Balaban J connectivity index is 0.000000271. The molecule has 0 aromatic heterocycles. The van der Waals surface area contributed by atoms with Crippen molar-refractivity contribution in [3.63, 3.8) is 0 Å². The molecule has 5 N–H and O–H groups in total. The number of nitro benzene ring substituents is 1. The van der Waals surface area contributed by atoms with Crippen LogP contribution in [-0.2, 0) is 0 Å². The Labute approximate surface area is 146 Å². The van der Waals surface area contributed by atoms with Crippen LogP contribution in [-0.4, -0.2) is 25.2 Å². The number of hydrogen-bond donors (Lipinski definition) is 3. The molecule has 0 aliphatic heterocycles. The van der Waals surface area contributed by atoms with Gasteiger partial charge in [-0.3, -0.25) is 10.1 Å². The molecule has 0 atom stereocenters. The van der Waals surface area contributed by atoms with E-state index in [4.69, 9.17) is 20.9 Å². The van der Waals surface area contributed by atoms with Crippen LogP contribution in [0.15, 0.2) is 36.4 Å². The first kappa shape index (κ1) is 19.9. The van der Waals surface area contributed by atoms with E-state index in [0.29, 0.717) is 30.3 Å². The summed E-state index contributed by atoms with van der Waals surface area (Å²) in [6, 6.07) is 9.37. The second-order valence-electron chi connectivity index (χ2n) is 4.85. The molecule has 8 heteroatoms. The molecule has 0 unspecified atom stereocenters. The molecule has 2 aromatic carbocycles. The Morgan fingerprint density at radius 3 is 2.08 bits per heavy atom. The van der Waals surface area contributed by atoms with Crippen molar-refractivity contribution in [3.05, 3.63) is 46.5 Å². The Morgan fingerprint density at radius 2 is 1.60 bits per heavy atom. The van der Waals surface area contributed by atoms with Gasteiger partial charge in [-0.25, -0.2) is 0 Å². The lowest BCUT2D eigenvalue weighted by atomic mass is 10.2. The molecule has 0 amide bonds. The van der Waals surface area contributed by atoms with E-state index in [9.17, 15) is 10.1 Å². The Hall–Kier alpha value is -3.16. The molecule has 0 fully saturated rings. The van der Waals surface area contributed by atoms with E-state index in [-0.39, 0.29) is 5.69 Å². The van der Waals surface area contributed by atoms with Gasteiger partial charge >= 0.3 is 0 Å². The number of anilines is 3.